The third kappa shape index (κ3) is 5.40. The number of hydrogen-bond donors (Lipinski definition) is 3. The van der Waals surface area contributed by atoms with Gasteiger partial charge < -0.3 is 5.73 Å². The van der Waals surface area contributed by atoms with Gasteiger partial charge in [0.15, 0.2) is 0 Å². The van der Waals surface area contributed by atoms with Crippen LogP contribution in [0, 0.1) is 5.92 Å². The van der Waals surface area contributed by atoms with Crippen LogP contribution in [0.15, 0.2) is 24.3 Å². The highest BCUT2D eigenvalue weighted by Crippen LogP contribution is 2.10. The van der Waals surface area contributed by atoms with E-state index in [1.54, 1.807) is 0 Å². The quantitative estimate of drug-likeness (QED) is 0.645. The molecule has 1 fully saturated rings. The molecule has 15 heavy (non-hydrogen) atoms. The Hall–Kier alpha value is -1.06. The van der Waals surface area contributed by atoms with E-state index in [0.29, 0.717) is 5.92 Å². The summed E-state index contributed by atoms with van der Waals surface area (Å²) in [6.07, 6.45) is 1.12. The number of benzene rings is 1. The largest absolute Gasteiger partial charge is 0.399 e. The molecule has 1 aliphatic rings. The van der Waals surface area contributed by atoms with Crippen LogP contribution in [0.4, 0.5) is 5.69 Å². The van der Waals surface area contributed by atoms with Gasteiger partial charge in [0, 0.05) is 18.8 Å². The standard InChI is InChI=1S/C10H15N.C2H6N2/c1-8(2)6-9-4-3-5-10(11)7-9;1-2-4-3-1/h3-5,7-8H,6,11H2,1-2H3;3-4H,1-2H2. The van der Waals surface area contributed by atoms with E-state index < -0.39 is 0 Å². The lowest BCUT2D eigenvalue weighted by Gasteiger charge is -2.13. The minimum atomic E-state index is 0.705. The molecule has 0 atom stereocenters. The highest BCUT2D eigenvalue weighted by atomic mass is 15.4. The summed E-state index contributed by atoms with van der Waals surface area (Å²) in [6.45, 7) is 6.70. The predicted molar refractivity (Wildman–Crippen MR) is 65.4 cm³/mol. The second-order valence-corrected chi connectivity index (χ2v) is 4.20. The van der Waals surface area contributed by atoms with E-state index in [1.807, 2.05) is 18.2 Å². The summed E-state index contributed by atoms with van der Waals surface area (Å²) in [4.78, 5) is 0. The van der Waals surface area contributed by atoms with Gasteiger partial charge in [-0.1, -0.05) is 26.0 Å². The fourth-order valence-corrected chi connectivity index (χ4v) is 1.32. The topological polar surface area (TPSA) is 50.1 Å². The molecule has 2 rings (SSSR count). The van der Waals surface area contributed by atoms with Crippen molar-refractivity contribution in [1.82, 2.24) is 10.9 Å². The van der Waals surface area contributed by atoms with E-state index in [4.69, 9.17) is 5.73 Å². The number of hydrogen-bond acceptors (Lipinski definition) is 3. The highest BCUT2D eigenvalue weighted by Gasteiger charge is 1.96. The van der Waals surface area contributed by atoms with Gasteiger partial charge in [0.25, 0.3) is 0 Å². The first-order valence-corrected chi connectivity index (χ1v) is 5.48. The number of nitrogens with one attached hydrogen (secondary N) is 2. The number of rotatable bonds is 2. The molecule has 1 aliphatic heterocycles. The van der Waals surface area contributed by atoms with Crippen molar-refractivity contribution >= 4 is 5.69 Å². The Balaban J connectivity index is 0.000000234. The van der Waals surface area contributed by atoms with Gasteiger partial charge in [-0.2, -0.15) is 0 Å². The molecular formula is C12H21N3. The monoisotopic (exact) mass is 207 g/mol. The zero-order valence-corrected chi connectivity index (χ0v) is 9.59. The maximum atomic E-state index is 5.63. The minimum Gasteiger partial charge on any atom is -0.399 e. The van der Waals surface area contributed by atoms with Crippen molar-refractivity contribution in [1.29, 1.82) is 0 Å². The molecule has 0 amide bonds. The predicted octanol–water partition coefficient (Wildman–Crippen LogP) is 1.56. The summed E-state index contributed by atoms with van der Waals surface area (Å²) >= 11 is 0. The average molecular weight is 207 g/mol. The first-order chi connectivity index (χ1) is 7.18. The molecule has 0 unspecified atom stereocenters. The molecule has 3 nitrogen and oxygen atoms in total. The minimum absolute atomic E-state index is 0.705. The maximum Gasteiger partial charge on any atom is 0.0316 e. The van der Waals surface area contributed by atoms with Gasteiger partial charge in [0.2, 0.25) is 0 Å². The Morgan fingerprint density at radius 2 is 1.87 bits per heavy atom. The highest BCUT2D eigenvalue weighted by molar-refractivity contribution is 5.40. The molecule has 1 heterocycles. The summed E-state index contributed by atoms with van der Waals surface area (Å²) in [5, 5.41) is 0. The number of nitrogen functional groups attached to an aromatic ring is 1. The summed E-state index contributed by atoms with van der Waals surface area (Å²) in [6, 6.07) is 8.09. The number of nitrogens with two attached hydrogens (primary N) is 1. The first-order valence-electron chi connectivity index (χ1n) is 5.48. The fourth-order valence-electron chi connectivity index (χ4n) is 1.32. The van der Waals surface area contributed by atoms with Gasteiger partial charge in [-0.05, 0) is 30.0 Å². The van der Waals surface area contributed by atoms with Crippen LogP contribution in [0.5, 0.6) is 0 Å². The SMILES string of the molecule is C1CNN1.CC(C)Cc1cccc(N)c1. The van der Waals surface area contributed by atoms with Crippen molar-refractivity contribution in [2.75, 3.05) is 18.8 Å². The van der Waals surface area contributed by atoms with E-state index in [2.05, 4.69) is 30.8 Å². The van der Waals surface area contributed by atoms with Crippen molar-refractivity contribution in [3.63, 3.8) is 0 Å². The summed E-state index contributed by atoms with van der Waals surface area (Å²) < 4.78 is 0. The molecule has 1 aromatic rings. The Morgan fingerprint density at radius 1 is 1.27 bits per heavy atom. The lowest BCUT2D eigenvalue weighted by atomic mass is 10.0. The zero-order chi connectivity index (χ0) is 11.1. The Bertz CT molecular complexity index is 276. The molecular weight excluding hydrogens is 186 g/mol. The maximum absolute atomic E-state index is 5.63. The lowest BCUT2D eigenvalue weighted by Crippen LogP contribution is -2.49. The lowest BCUT2D eigenvalue weighted by molar-refractivity contribution is 0.423. The smallest absolute Gasteiger partial charge is 0.0316 e. The van der Waals surface area contributed by atoms with Gasteiger partial charge in [-0.3, -0.25) is 10.9 Å². The second-order valence-electron chi connectivity index (χ2n) is 4.20. The van der Waals surface area contributed by atoms with Gasteiger partial charge >= 0.3 is 0 Å². The van der Waals surface area contributed by atoms with Gasteiger partial charge in [-0.15, -0.1) is 0 Å². The summed E-state index contributed by atoms with van der Waals surface area (Å²) in [5.41, 5.74) is 13.6. The van der Waals surface area contributed by atoms with Gasteiger partial charge in [0.1, 0.15) is 0 Å². The molecule has 0 spiro atoms. The van der Waals surface area contributed by atoms with Gasteiger partial charge in [0.05, 0.1) is 0 Å². The summed E-state index contributed by atoms with van der Waals surface area (Å²) in [7, 11) is 0. The summed E-state index contributed by atoms with van der Waals surface area (Å²) in [5.74, 6) is 0.705. The van der Waals surface area contributed by atoms with Crippen LogP contribution in [0.3, 0.4) is 0 Å². The molecule has 0 aliphatic carbocycles. The average Bonchev–Trinajstić information content (AvgIpc) is 1.98. The van der Waals surface area contributed by atoms with Crippen molar-refractivity contribution < 1.29 is 0 Å². The first kappa shape index (κ1) is 12.0. The Morgan fingerprint density at radius 3 is 2.27 bits per heavy atom. The van der Waals surface area contributed by atoms with Crippen LogP contribution >= 0.6 is 0 Å². The van der Waals surface area contributed by atoms with Crippen LogP contribution in [-0.2, 0) is 6.42 Å². The van der Waals surface area contributed by atoms with Crippen LogP contribution in [-0.4, -0.2) is 13.1 Å². The van der Waals surface area contributed by atoms with Crippen molar-refractivity contribution in [2.24, 2.45) is 5.92 Å². The second kappa shape index (κ2) is 6.43. The number of anilines is 1. The van der Waals surface area contributed by atoms with E-state index in [1.165, 1.54) is 5.56 Å². The van der Waals surface area contributed by atoms with E-state index in [9.17, 15) is 0 Å². The van der Waals surface area contributed by atoms with Crippen LogP contribution in [0.25, 0.3) is 0 Å². The molecule has 1 aromatic carbocycles. The molecule has 1 saturated heterocycles. The number of hydrazine groups is 1. The zero-order valence-electron chi connectivity index (χ0n) is 9.59. The van der Waals surface area contributed by atoms with Crippen LogP contribution in [0.2, 0.25) is 0 Å². The van der Waals surface area contributed by atoms with Gasteiger partial charge in [-0.25, -0.2) is 0 Å². The van der Waals surface area contributed by atoms with Crippen LogP contribution < -0.4 is 16.6 Å². The Kier molecular flexibility index (Phi) is 5.15. The normalized spacial score (nSPS) is 14.1. The van der Waals surface area contributed by atoms with Crippen molar-refractivity contribution in [2.45, 2.75) is 20.3 Å². The molecule has 84 valence electrons. The van der Waals surface area contributed by atoms with E-state index in [-0.39, 0.29) is 0 Å². The third-order valence-corrected chi connectivity index (χ3v) is 2.09. The molecule has 0 aromatic heterocycles. The molecule has 0 radical (unpaired) electrons. The van der Waals surface area contributed by atoms with E-state index >= 15 is 0 Å². The van der Waals surface area contributed by atoms with Crippen LogP contribution in [0.1, 0.15) is 19.4 Å². The third-order valence-electron chi connectivity index (χ3n) is 2.09. The van der Waals surface area contributed by atoms with Crippen molar-refractivity contribution in [3.05, 3.63) is 29.8 Å². The fraction of sp³-hybridized carbons (Fsp3) is 0.500. The molecule has 0 bridgehead atoms. The molecule has 4 N–H and O–H groups in total. The van der Waals surface area contributed by atoms with Crippen molar-refractivity contribution in [3.8, 4) is 0 Å². The molecule has 3 heteroatoms. The Labute approximate surface area is 92.0 Å². The van der Waals surface area contributed by atoms with E-state index in [0.717, 1.165) is 25.2 Å². The molecule has 0 saturated carbocycles.